The number of anilines is 1. The van der Waals surface area contributed by atoms with E-state index in [1.54, 1.807) is 12.0 Å². The first-order valence-corrected chi connectivity index (χ1v) is 11.6. The van der Waals surface area contributed by atoms with Gasteiger partial charge in [0.15, 0.2) is 0 Å². The molecule has 0 radical (unpaired) electrons. The molecule has 0 unspecified atom stereocenters. The van der Waals surface area contributed by atoms with Gasteiger partial charge in [0.25, 0.3) is 0 Å². The minimum absolute atomic E-state index is 0.201. The molecule has 1 aliphatic heterocycles. The lowest BCUT2D eigenvalue weighted by Gasteiger charge is -2.33. The number of methoxy groups -OCH3 is 2. The van der Waals surface area contributed by atoms with E-state index in [0.717, 1.165) is 43.6 Å². The van der Waals surface area contributed by atoms with Gasteiger partial charge in [0.05, 0.1) is 26.5 Å². The molecule has 1 amide bonds. The molecule has 3 aromatic carbocycles. The second-order valence-corrected chi connectivity index (χ2v) is 8.60. The molecule has 3 aromatic rings. The Labute approximate surface area is 200 Å². The van der Waals surface area contributed by atoms with Gasteiger partial charge < -0.3 is 9.47 Å². The van der Waals surface area contributed by atoms with Crippen molar-refractivity contribution in [2.75, 3.05) is 32.2 Å². The Hall–Kier alpha value is -3.38. The number of carbonyl (C=O) groups is 1. The lowest BCUT2D eigenvalue weighted by molar-refractivity contribution is 0.178. The standard InChI is InChI=1S/C28H31FN2O3/c1-33-27-10-6-5-9-26(27)31(28(32)34-2)20-23-7-3-4-8-25(23)22-15-17-30(18-16-22)19-21-11-13-24(29)14-12-21/h3-14,22H,15-20H2,1-2H3. The molecule has 178 valence electrons. The average molecular weight is 463 g/mol. The minimum Gasteiger partial charge on any atom is -0.495 e. The Morgan fingerprint density at radius 2 is 1.65 bits per heavy atom. The largest absolute Gasteiger partial charge is 0.495 e. The number of halogens is 1. The number of rotatable bonds is 7. The maximum absolute atomic E-state index is 13.2. The van der Waals surface area contributed by atoms with Crippen LogP contribution in [0.5, 0.6) is 5.75 Å². The van der Waals surface area contributed by atoms with Gasteiger partial charge in [-0.05, 0) is 72.8 Å². The van der Waals surface area contributed by atoms with Crippen LogP contribution in [-0.2, 0) is 17.8 Å². The van der Waals surface area contributed by atoms with Crippen LogP contribution in [0.2, 0.25) is 0 Å². The van der Waals surface area contributed by atoms with Crippen molar-refractivity contribution >= 4 is 11.8 Å². The molecule has 0 saturated carbocycles. The Morgan fingerprint density at radius 1 is 0.971 bits per heavy atom. The van der Waals surface area contributed by atoms with E-state index in [9.17, 15) is 9.18 Å². The second-order valence-electron chi connectivity index (χ2n) is 8.60. The van der Waals surface area contributed by atoms with Crippen molar-refractivity contribution in [3.8, 4) is 5.75 Å². The van der Waals surface area contributed by atoms with Crippen LogP contribution in [0.15, 0.2) is 72.8 Å². The third-order valence-electron chi connectivity index (χ3n) is 6.50. The average Bonchev–Trinajstić information content (AvgIpc) is 2.89. The summed E-state index contributed by atoms with van der Waals surface area (Å²) in [6.45, 7) is 3.19. The van der Waals surface area contributed by atoms with Gasteiger partial charge in [0.1, 0.15) is 11.6 Å². The zero-order valence-corrected chi connectivity index (χ0v) is 19.7. The monoisotopic (exact) mass is 462 g/mol. The van der Waals surface area contributed by atoms with Crippen molar-refractivity contribution in [1.29, 1.82) is 0 Å². The fraction of sp³-hybridized carbons (Fsp3) is 0.321. The molecule has 4 rings (SSSR count). The van der Waals surface area contributed by atoms with Gasteiger partial charge in [-0.25, -0.2) is 9.18 Å². The van der Waals surface area contributed by atoms with E-state index in [1.807, 2.05) is 42.5 Å². The number of benzene rings is 3. The number of piperidine rings is 1. The number of nitrogens with zero attached hydrogens (tertiary/aromatic N) is 2. The number of para-hydroxylation sites is 2. The van der Waals surface area contributed by atoms with E-state index in [0.29, 0.717) is 23.9 Å². The molecule has 1 fully saturated rings. The minimum atomic E-state index is -0.423. The number of hydrogen-bond donors (Lipinski definition) is 0. The van der Waals surface area contributed by atoms with Gasteiger partial charge in [-0.3, -0.25) is 9.80 Å². The molecule has 0 N–H and O–H groups in total. The molecular formula is C28H31FN2O3. The molecule has 0 atom stereocenters. The molecule has 0 aliphatic carbocycles. The van der Waals surface area contributed by atoms with Crippen molar-refractivity contribution in [3.63, 3.8) is 0 Å². The van der Waals surface area contributed by atoms with Crippen LogP contribution in [0.4, 0.5) is 14.9 Å². The van der Waals surface area contributed by atoms with Gasteiger partial charge in [-0.1, -0.05) is 48.5 Å². The number of likely N-dealkylation sites (tertiary alicyclic amines) is 1. The zero-order valence-electron chi connectivity index (χ0n) is 19.7. The summed E-state index contributed by atoms with van der Waals surface area (Å²) in [5.74, 6) is 0.838. The van der Waals surface area contributed by atoms with E-state index in [-0.39, 0.29) is 5.82 Å². The van der Waals surface area contributed by atoms with Crippen molar-refractivity contribution in [2.45, 2.75) is 31.8 Å². The molecule has 0 spiro atoms. The lowest BCUT2D eigenvalue weighted by Crippen LogP contribution is -2.34. The van der Waals surface area contributed by atoms with E-state index in [4.69, 9.17) is 9.47 Å². The fourth-order valence-electron chi connectivity index (χ4n) is 4.71. The molecule has 0 bridgehead atoms. The van der Waals surface area contributed by atoms with Crippen LogP contribution in [0.1, 0.15) is 35.4 Å². The van der Waals surface area contributed by atoms with E-state index in [2.05, 4.69) is 23.1 Å². The number of hydrogen-bond acceptors (Lipinski definition) is 4. The molecule has 34 heavy (non-hydrogen) atoms. The van der Waals surface area contributed by atoms with Crippen LogP contribution in [0.25, 0.3) is 0 Å². The molecule has 0 aromatic heterocycles. The van der Waals surface area contributed by atoms with Crippen molar-refractivity contribution in [3.05, 3.63) is 95.3 Å². The maximum Gasteiger partial charge on any atom is 0.414 e. The van der Waals surface area contributed by atoms with Crippen molar-refractivity contribution in [1.82, 2.24) is 4.90 Å². The van der Waals surface area contributed by atoms with Gasteiger partial charge in [0, 0.05) is 6.54 Å². The molecular weight excluding hydrogens is 431 g/mol. The Kier molecular flexibility index (Phi) is 7.80. The fourth-order valence-corrected chi connectivity index (χ4v) is 4.71. The normalized spacial score (nSPS) is 14.6. The van der Waals surface area contributed by atoms with Crippen LogP contribution < -0.4 is 9.64 Å². The third kappa shape index (κ3) is 5.57. The molecule has 1 heterocycles. The van der Waals surface area contributed by atoms with E-state index < -0.39 is 6.09 Å². The molecule has 5 nitrogen and oxygen atoms in total. The Morgan fingerprint density at radius 3 is 2.35 bits per heavy atom. The van der Waals surface area contributed by atoms with Crippen LogP contribution in [-0.4, -0.2) is 38.3 Å². The second kappa shape index (κ2) is 11.2. The van der Waals surface area contributed by atoms with Gasteiger partial charge >= 0.3 is 6.09 Å². The SMILES string of the molecule is COC(=O)N(Cc1ccccc1C1CCN(Cc2ccc(F)cc2)CC1)c1ccccc1OC. The van der Waals surface area contributed by atoms with Gasteiger partial charge in [-0.2, -0.15) is 0 Å². The van der Waals surface area contributed by atoms with Crippen LogP contribution in [0.3, 0.4) is 0 Å². The highest BCUT2D eigenvalue weighted by Crippen LogP contribution is 2.34. The highest BCUT2D eigenvalue weighted by atomic mass is 19.1. The summed E-state index contributed by atoms with van der Waals surface area (Å²) in [4.78, 5) is 16.8. The summed E-state index contributed by atoms with van der Waals surface area (Å²) >= 11 is 0. The summed E-state index contributed by atoms with van der Waals surface area (Å²) in [5, 5.41) is 0. The first kappa shape index (κ1) is 23.8. The number of carbonyl (C=O) groups excluding carboxylic acids is 1. The summed E-state index contributed by atoms with van der Waals surface area (Å²) < 4.78 is 23.8. The molecule has 6 heteroatoms. The predicted molar refractivity (Wildman–Crippen MR) is 132 cm³/mol. The molecule has 1 aliphatic rings. The third-order valence-corrected chi connectivity index (χ3v) is 6.50. The summed E-state index contributed by atoms with van der Waals surface area (Å²) in [7, 11) is 3.00. The lowest BCUT2D eigenvalue weighted by atomic mass is 9.86. The predicted octanol–water partition coefficient (Wildman–Crippen LogP) is 5.99. The Bertz CT molecular complexity index is 1090. The van der Waals surface area contributed by atoms with Crippen LogP contribution >= 0.6 is 0 Å². The van der Waals surface area contributed by atoms with E-state index >= 15 is 0 Å². The first-order chi connectivity index (χ1) is 16.6. The Balaban J connectivity index is 1.49. The summed E-state index contributed by atoms with van der Waals surface area (Å²) in [6.07, 6.45) is 1.64. The number of amides is 1. The van der Waals surface area contributed by atoms with Gasteiger partial charge in [-0.15, -0.1) is 0 Å². The smallest absolute Gasteiger partial charge is 0.414 e. The summed E-state index contributed by atoms with van der Waals surface area (Å²) in [6, 6.07) is 22.6. The van der Waals surface area contributed by atoms with Crippen molar-refractivity contribution < 1.29 is 18.7 Å². The zero-order chi connectivity index (χ0) is 23.9. The highest BCUT2D eigenvalue weighted by molar-refractivity contribution is 5.89. The molecule has 1 saturated heterocycles. The van der Waals surface area contributed by atoms with Gasteiger partial charge in [0.2, 0.25) is 0 Å². The van der Waals surface area contributed by atoms with E-state index in [1.165, 1.54) is 24.8 Å². The maximum atomic E-state index is 13.2. The quantitative estimate of drug-likeness (QED) is 0.433. The van der Waals surface area contributed by atoms with Crippen LogP contribution in [0, 0.1) is 5.82 Å². The topological polar surface area (TPSA) is 42.0 Å². The summed E-state index contributed by atoms with van der Waals surface area (Å²) in [5.41, 5.74) is 4.19. The number of ether oxygens (including phenoxy) is 2. The highest BCUT2D eigenvalue weighted by Gasteiger charge is 2.26. The first-order valence-electron chi connectivity index (χ1n) is 11.6. The van der Waals surface area contributed by atoms with Crippen molar-refractivity contribution in [2.24, 2.45) is 0 Å².